The molecule has 1 aliphatic rings. The van der Waals surface area contributed by atoms with Crippen LogP contribution >= 0.6 is 0 Å². The Labute approximate surface area is 166 Å². The van der Waals surface area contributed by atoms with Crippen LogP contribution in [0.4, 0.5) is 0 Å². The molecule has 0 radical (unpaired) electrons. The fourth-order valence-corrected chi connectivity index (χ4v) is 5.26. The first-order valence-corrected chi connectivity index (χ1v) is 11.0. The standard InChI is InChI=1S/C20H27N3O4S/c1-14(2)17-6-8-18(9-7-17)20(24)22-10-5-11-23(13-12-22)28(25,26)19-15(3)21-27-16(19)4/h6-9,14H,5,10-13H2,1-4H3. The normalized spacial score (nSPS) is 16.4. The maximum absolute atomic E-state index is 13.0. The molecule has 152 valence electrons. The van der Waals surface area contributed by atoms with Gasteiger partial charge in [-0.1, -0.05) is 31.1 Å². The molecule has 0 bridgehead atoms. The molecule has 2 heterocycles. The van der Waals surface area contributed by atoms with E-state index in [0.29, 0.717) is 49.0 Å². The van der Waals surface area contributed by atoms with E-state index in [9.17, 15) is 13.2 Å². The minimum absolute atomic E-state index is 0.0631. The molecule has 2 aromatic rings. The van der Waals surface area contributed by atoms with E-state index in [1.165, 1.54) is 9.87 Å². The highest BCUT2D eigenvalue weighted by Crippen LogP contribution is 2.24. The summed E-state index contributed by atoms with van der Waals surface area (Å²) in [6.45, 7) is 8.94. The number of hydrogen-bond acceptors (Lipinski definition) is 5. The number of hydrogen-bond donors (Lipinski definition) is 0. The number of aryl methyl sites for hydroxylation is 2. The molecule has 0 aliphatic carbocycles. The highest BCUT2D eigenvalue weighted by Gasteiger charge is 2.33. The van der Waals surface area contributed by atoms with Gasteiger partial charge in [0.2, 0.25) is 10.0 Å². The third-order valence-electron chi connectivity index (χ3n) is 5.13. The van der Waals surface area contributed by atoms with Gasteiger partial charge in [0.05, 0.1) is 0 Å². The molecule has 1 aromatic heterocycles. The minimum Gasteiger partial charge on any atom is -0.360 e. The molecule has 28 heavy (non-hydrogen) atoms. The van der Waals surface area contributed by atoms with Crippen molar-refractivity contribution < 1.29 is 17.7 Å². The molecule has 1 aromatic carbocycles. The van der Waals surface area contributed by atoms with Crippen molar-refractivity contribution in [1.82, 2.24) is 14.4 Å². The van der Waals surface area contributed by atoms with Gasteiger partial charge in [0, 0.05) is 31.7 Å². The SMILES string of the molecule is Cc1noc(C)c1S(=O)(=O)N1CCCN(C(=O)c2ccc(C(C)C)cc2)CC1. The first kappa shape index (κ1) is 20.5. The van der Waals surface area contributed by atoms with Gasteiger partial charge >= 0.3 is 0 Å². The van der Waals surface area contributed by atoms with Gasteiger partial charge in [-0.15, -0.1) is 0 Å². The molecule has 1 amide bonds. The molecule has 1 saturated heterocycles. The molecule has 0 saturated carbocycles. The highest BCUT2D eigenvalue weighted by molar-refractivity contribution is 7.89. The van der Waals surface area contributed by atoms with Gasteiger partial charge in [-0.05, 0) is 43.9 Å². The van der Waals surface area contributed by atoms with Crippen LogP contribution in [-0.4, -0.2) is 54.9 Å². The Balaban J connectivity index is 1.73. The van der Waals surface area contributed by atoms with Crippen LogP contribution in [0.3, 0.4) is 0 Å². The Bertz CT molecular complexity index is 929. The zero-order valence-electron chi connectivity index (χ0n) is 16.8. The summed E-state index contributed by atoms with van der Waals surface area (Å²) in [5.41, 5.74) is 2.18. The van der Waals surface area contributed by atoms with Crippen molar-refractivity contribution in [2.45, 2.75) is 44.9 Å². The first-order valence-electron chi connectivity index (χ1n) is 9.54. The Morgan fingerprint density at radius 1 is 1.07 bits per heavy atom. The van der Waals surface area contributed by atoms with Gasteiger partial charge in [-0.25, -0.2) is 8.42 Å². The molecule has 7 nitrogen and oxygen atoms in total. The largest absolute Gasteiger partial charge is 0.360 e. The number of nitrogens with zero attached hydrogens (tertiary/aromatic N) is 3. The van der Waals surface area contributed by atoms with E-state index in [-0.39, 0.29) is 17.3 Å². The van der Waals surface area contributed by atoms with Crippen molar-refractivity contribution in [3.8, 4) is 0 Å². The molecular weight excluding hydrogens is 378 g/mol. The van der Waals surface area contributed by atoms with Crippen LogP contribution in [-0.2, 0) is 10.0 Å². The second kappa shape index (κ2) is 8.05. The second-order valence-corrected chi connectivity index (χ2v) is 9.35. The number of rotatable bonds is 4. The summed E-state index contributed by atoms with van der Waals surface area (Å²) in [5.74, 6) is 0.636. The van der Waals surface area contributed by atoms with Crippen LogP contribution < -0.4 is 0 Å². The van der Waals surface area contributed by atoms with Crippen molar-refractivity contribution in [1.29, 1.82) is 0 Å². The zero-order valence-corrected chi connectivity index (χ0v) is 17.6. The maximum Gasteiger partial charge on any atom is 0.253 e. The molecule has 3 rings (SSSR count). The molecule has 0 unspecified atom stereocenters. The van der Waals surface area contributed by atoms with Crippen LogP contribution in [0.5, 0.6) is 0 Å². The van der Waals surface area contributed by atoms with Crippen molar-refractivity contribution in [2.75, 3.05) is 26.2 Å². The predicted molar refractivity (Wildman–Crippen MR) is 106 cm³/mol. The van der Waals surface area contributed by atoms with Crippen LogP contribution in [0.15, 0.2) is 33.7 Å². The number of sulfonamides is 1. The number of benzene rings is 1. The van der Waals surface area contributed by atoms with Gasteiger partial charge in [0.1, 0.15) is 10.6 Å². The van der Waals surface area contributed by atoms with E-state index in [1.54, 1.807) is 18.7 Å². The smallest absolute Gasteiger partial charge is 0.253 e. The number of amides is 1. The van der Waals surface area contributed by atoms with Crippen molar-refractivity contribution >= 4 is 15.9 Å². The summed E-state index contributed by atoms with van der Waals surface area (Å²) >= 11 is 0. The Morgan fingerprint density at radius 3 is 2.32 bits per heavy atom. The molecule has 0 spiro atoms. The van der Waals surface area contributed by atoms with Gasteiger partial charge in [-0.2, -0.15) is 4.31 Å². The first-order chi connectivity index (χ1) is 13.2. The quantitative estimate of drug-likeness (QED) is 0.781. The minimum atomic E-state index is -3.69. The summed E-state index contributed by atoms with van der Waals surface area (Å²) in [7, 11) is -3.69. The molecule has 1 aliphatic heterocycles. The number of carbonyl (C=O) groups is 1. The van der Waals surface area contributed by atoms with Crippen LogP contribution in [0.1, 0.15) is 53.6 Å². The van der Waals surface area contributed by atoms with E-state index in [4.69, 9.17) is 4.52 Å². The van der Waals surface area contributed by atoms with E-state index in [0.717, 1.165) is 0 Å². The van der Waals surface area contributed by atoms with Gasteiger partial charge < -0.3 is 9.42 Å². The lowest BCUT2D eigenvalue weighted by Crippen LogP contribution is -2.37. The Kier molecular flexibility index (Phi) is 5.90. The third kappa shape index (κ3) is 3.98. The molecule has 0 N–H and O–H groups in total. The van der Waals surface area contributed by atoms with Crippen molar-refractivity contribution in [2.24, 2.45) is 0 Å². The summed E-state index contributed by atoms with van der Waals surface area (Å²) < 4.78 is 32.5. The van der Waals surface area contributed by atoms with Gasteiger partial charge in [0.15, 0.2) is 5.76 Å². The summed E-state index contributed by atoms with van der Waals surface area (Å²) in [6, 6.07) is 7.65. The topological polar surface area (TPSA) is 83.7 Å². The van der Waals surface area contributed by atoms with Crippen molar-refractivity contribution in [3.63, 3.8) is 0 Å². The Hall–Kier alpha value is -2.19. The van der Waals surface area contributed by atoms with Gasteiger partial charge in [-0.3, -0.25) is 4.79 Å². The summed E-state index contributed by atoms with van der Waals surface area (Å²) in [5, 5.41) is 3.76. The fraction of sp³-hybridized carbons (Fsp3) is 0.500. The average molecular weight is 406 g/mol. The summed E-state index contributed by atoms with van der Waals surface area (Å²) in [4.78, 5) is 14.7. The van der Waals surface area contributed by atoms with Crippen LogP contribution in [0.2, 0.25) is 0 Å². The lowest BCUT2D eigenvalue weighted by atomic mass is 10.0. The molecule has 0 atom stereocenters. The maximum atomic E-state index is 13.0. The highest BCUT2D eigenvalue weighted by atomic mass is 32.2. The zero-order chi connectivity index (χ0) is 20.5. The number of carbonyl (C=O) groups excluding carboxylic acids is 1. The van der Waals surface area contributed by atoms with E-state index in [2.05, 4.69) is 19.0 Å². The van der Waals surface area contributed by atoms with E-state index < -0.39 is 10.0 Å². The van der Waals surface area contributed by atoms with Gasteiger partial charge in [0.25, 0.3) is 5.91 Å². The van der Waals surface area contributed by atoms with Crippen LogP contribution in [0.25, 0.3) is 0 Å². The average Bonchev–Trinajstić information content (AvgIpc) is 2.86. The monoisotopic (exact) mass is 405 g/mol. The van der Waals surface area contributed by atoms with E-state index >= 15 is 0 Å². The van der Waals surface area contributed by atoms with Crippen molar-refractivity contribution in [3.05, 3.63) is 46.8 Å². The van der Waals surface area contributed by atoms with E-state index in [1.807, 2.05) is 24.3 Å². The summed E-state index contributed by atoms with van der Waals surface area (Å²) in [6.07, 6.45) is 0.582. The lowest BCUT2D eigenvalue weighted by Gasteiger charge is -2.22. The molecule has 1 fully saturated rings. The lowest BCUT2D eigenvalue weighted by molar-refractivity contribution is 0.0764. The molecular formula is C20H27N3O4S. The fourth-order valence-electron chi connectivity index (χ4n) is 3.50. The number of aromatic nitrogens is 1. The third-order valence-corrected chi connectivity index (χ3v) is 7.28. The molecule has 8 heteroatoms. The second-order valence-electron chi connectivity index (χ2n) is 7.48. The Morgan fingerprint density at radius 2 is 1.75 bits per heavy atom. The van der Waals surface area contributed by atoms with Crippen LogP contribution in [0, 0.1) is 13.8 Å². The predicted octanol–water partition coefficient (Wildman–Crippen LogP) is 2.95.